The summed E-state index contributed by atoms with van der Waals surface area (Å²) in [7, 11) is 0. The topological polar surface area (TPSA) is 103 Å². The number of aliphatic hydroxyl groups excluding tert-OH is 1. The summed E-state index contributed by atoms with van der Waals surface area (Å²) < 4.78 is 3.34. The highest BCUT2D eigenvalue weighted by Gasteiger charge is 2.15. The number of benzene rings is 1. The molecule has 0 unspecified atom stereocenters. The molecule has 0 fully saturated rings. The summed E-state index contributed by atoms with van der Waals surface area (Å²) in [6, 6.07) is 13.7. The Bertz CT molecular complexity index is 1240. The fourth-order valence-corrected chi connectivity index (χ4v) is 4.00. The van der Waals surface area contributed by atoms with Gasteiger partial charge in [0.15, 0.2) is 0 Å². The molecule has 3 heterocycles. The van der Waals surface area contributed by atoms with Crippen molar-refractivity contribution in [3.05, 3.63) is 66.2 Å². The maximum Gasteiger partial charge on any atom is 0.103 e. The molecule has 4 aromatic rings. The van der Waals surface area contributed by atoms with Crippen LogP contribution in [0.25, 0.3) is 16.6 Å². The van der Waals surface area contributed by atoms with Gasteiger partial charge in [-0.1, -0.05) is 23.9 Å². The van der Waals surface area contributed by atoms with Crippen molar-refractivity contribution in [1.82, 2.24) is 19.4 Å². The van der Waals surface area contributed by atoms with Crippen molar-refractivity contribution in [3.63, 3.8) is 0 Å². The van der Waals surface area contributed by atoms with Gasteiger partial charge < -0.3 is 5.11 Å². The summed E-state index contributed by atoms with van der Waals surface area (Å²) in [5, 5.41) is 36.5. The van der Waals surface area contributed by atoms with Gasteiger partial charge in [0.05, 0.1) is 42.2 Å². The third-order valence-corrected chi connectivity index (χ3v) is 5.33. The average molecular weight is 386 g/mol. The Kier molecular flexibility index (Phi) is 4.81. The molecule has 136 valence electrons. The molecule has 0 atom stereocenters. The number of hydrogen-bond donors (Lipinski definition) is 1. The summed E-state index contributed by atoms with van der Waals surface area (Å²) in [5.74, 6) is 0. The molecule has 0 aliphatic carbocycles. The van der Waals surface area contributed by atoms with E-state index in [1.54, 1.807) is 21.5 Å². The van der Waals surface area contributed by atoms with Gasteiger partial charge in [-0.15, -0.1) is 0 Å². The van der Waals surface area contributed by atoms with E-state index >= 15 is 0 Å². The Morgan fingerprint density at radius 1 is 0.964 bits per heavy atom. The third kappa shape index (κ3) is 3.23. The van der Waals surface area contributed by atoms with Crippen molar-refractivity contribution < 1.29 is 5.11 Å². The van der Waals surface area contributed by atoms with E-state index in [2.05, 4.69) is 22.3 Å². The number of nitrogens with zero attached hydrogens (tertiary/aromatic N) is 6. The lowest BCUT2D eigenvalue weighted by Gasteiger charge is -2.09. The van der Waals surface area contributed by atoms with Crippen LogP contribution in [0.4, 0.5) is 0 Å². The summed E-state index contributed by atoms with van der Waals surface area (Å²) in [6.45, 7) is 0.427. The molecule has 0 amide bonds. The zero-order valence-electron chi connectivity index (χ0n) is 14.6. The van der Waals surface area contributed by atoms with Crippen LogP contribution in [0.3, 0.4) is 0 Å². The molecule has 1 aromatic carbocycles. The minimum Gasteiger partial charge on any atom is -0.394 e. The Hall–Kier alpha value is -3.59. The van der Waals surface area contributed by atoms with Crippen LogP contribution in [0.2, 0.25) is 0 Å². The van der Waals surface area contributed by atoms with Gasteiger partial charge in [-0.3, -0.25) is 4.68 Å². The Morgan fingerprint density at radius 3 is 2.57 bits per heavy atom. The molecule has 0 bridgehead atoms. The van der Waals surface area contributed by atoms with Crippen molar-refractivity contribution in [3.8, 4) is 23.3 Å². The van der Waals surface area contributed by atoms with E-state index in [-0.39, 0.29) is 6.61 Å². The molecule has 0 aliphatic heterocycles. The quantitative estimate of drug-likeness (QED) is 0.565. The molecule has 4 rings (SSSR count). The number of aliphatic hydroxyl groups is 1. The number of rotatable bonds is 5. The normalized spacial score (nSPS) is 10.7. The maximum atomic E-state index is 9.46. The lowest BCUT2D eigenvalue weighted by atomic mass is 10.1. The van der Waals surface area contributed by atoms with E-state index in [9.17, 15) is 10.5 Å². The molecule has 0 saturated carbocycles. The standard InChI is InChI=1S/C20H14N6OS/c21-8-14-3-1-2-4-18(14)28-19-7-15(17-11-23-25(12-17)5-6-27)13-26-20(19)16(9-22)10-24-26/h1-4,7,10-13,27H,5-6H2. The smallest absolute Gasteiger partial charge is 0.103 e. The highest BCUT2D eigenvalue weighted by atomic mass is 32.2. The van der Waals surface area contributed by atoms with E-state index < -0.39 is 0 Å². The van der Waals surface area contributed by atoms with Crippen LogP contribution in [-0.2, 0) is 6.54 Å². The second kappa shape index (κ2) is 7.57. The fraction of sp³-hybridized carbons (Fsp3) is 0.100. The van der Waals surface area contributed by atoms with Gasteiger partial charge in [-0.05, 0) is 18.2 Å². The van der Waals surface area contributed by atoms with Crippen molar-refractivity contribution in [2.24, 2.45) is 0 Å². The lowest BCUT2D eigenvalue weighted by molar-refractivity contribution is 0.269. The minimum atomic E-state index is 0.0108. The van der Waals surface area contributed by atoms with Crippen LogP contribution >= 0.6 is 11.8 Å². The molecule has 0 spiro atoms. The van der Waals surface area contributed by atoms with Gasteiger partial charge in [-0.2, -0.15) is 20.7 Å². The predicted octanol–water partition coefficient (Wildman–Crippen LogP) is 3.08. The van der Waals surface area contributed by atoms with Crippen LogP contribution in [-0.4, -0.2) is 31.1 Å². The first kappa shape index (κ1) is 17.8. The summed E-state index contributed by atoms with van der Waals surface area (Å²) in [4.78, 5) is 1.63. The summed E-state index contributed by atoms with van der Waals surface area (Å²) in [5.41, 5.74) is 3.50. The largest absolute Gasteiger partial charge is 0.394 e. The van der Waals surface area contributed by atoms with Gasteiger partial charge >= 0.3 is 0 Å². The number of nitriles is 2. The van der Waals surface area contributed by atoms with E-state index in [1.807, 2.05) is 36.7 Å². The highest BCUT2D eigenvalue weighted by molar-refractivity contribution is 7.99. The molecule has 0 radical (unpaired) electrons. The monoisotopic (exact) mass is 386 g/mol. The number of hydrogen-bond acceptors (Lipinski definition) is 6. The molecule has 8 heteroatoms. The SMILES string of the molecule is N#Cc1ccccc1Sc1cc(-c2cnn(CCO)c2)cn2ncc(C#N)c12. The number of pyridine rings is 1. The second-order valence-electron chi connectivity index (χ2n) is 5.98. The van der Waals surface area contributed by atoms with E-state index in [0.29, 0.717) is 23.2 Å². The second-order valence-corrected chi connectivity index (χ2v) is 7.07. The number of aromatic nitrogens is 4. The Morgan fingerprint density at radius 2 is 1.79 bits per heavy atom. The molecule has 28 heavy (non-hydrogen) atoms. The van der Waals surface area contributed by atoms with Crippen molar-refractivity contribution in [2.75, 3.05) is 6.61 Å². The zero-order chi connectivity index (χ0) is 19.5. The van der Waals surface area contributed by atoms with E-state index in [4.69, 9.17) is 5.11 Å². The van der Waals surface area contributed by atoms with Gasteiger partial charge in [0.25, 0.3) is 0 Å². The first-order valence-electron chi connectivity index (χ1n) is 8.45. The van der Waals surface area contributed by atoms with Crippen LogP contribution in [0.15, 0.2) is 64.9 Å². The first-order valence-corrected chi connectivity index (χ1v) is 9.27. The molecule has 7 nitrogen and oxygen atoms in total. The third-order valence-electron chi connectivity index (χ3n) is 4.22. The van der Waals surface area contributed by atoms with Crippen LogP contribution < -0.4 is 0 Å². The average Bonchev–Trinajstić information content (AvgIpc) is 3.35. The van der Waals surface area contributed by atoms with Gasteiger partial charge in [-0.25, -0.2) is 4.52 Å². The van der Waals surface area contributed by atoms with Crippen LogP contribution in [0.5, 0.6) is 0 Å². The maximum absolute atomic E-state index is 9.46. The number of fused-ring (bicyclic) bond motifs is 1. The van der Waals surface area contributed by atoms with Crippen LogP contribution in [0.1, 0.15) is 11.1 Å². The highest BCUT2D eigenvalue weighted by Crippen LogP contribution is 2.36. The zero-order valence-corrected chi connectivity index (χ0v) is 15.5. The van der Waals surface area contributed by atoms with E-state index in [1.165, 1.54) is 18.0 Å². The fourth-order valence-electron chi connectivity index (χ4n) is 2.91. The minimum absolute atomic E-state index is 0.0108. The summed E-state index contributed by atoms with van der Waals surface area (Å²) in [6.07, 6.45) is 6.96. The molecular formula is C20H14N6OS. The summed E-state index contributed by atoms with van der Waals surface area (Å²) >= 11 is 1.43. The Balaban J connectivity index is 1.86. The molecule has 3 aromatic heterocycles. The lowest BCUT2D eigenvalue weighted by Crippen LogP contribution is -2.01. The van der Waals surface area contributed by atoms with Crippen molar-refractivity contribution >= 4 is 17.3 Å². The van der Waals surface area contributed by atoms with Gasteiger partial charge in [0, 0.05) is 33.3 Å². The Labute approximate surface area is 165 Å². The predicted molar refractivity (Wildman–Crippen MR) is 103 cm³/mol. The van der Waals surface area contributed by atoms with Gasteiger partial charge in [0.2, 0.25) is 0 Å². The van der Waals surface area contributed by atoms with Crippen molar-refractivity contribution in [2.45, 2.75) is 16.3 Å². The van der Waals surface area contributed by atoms with Crippen molar-refractivity contribution in [1.29, 1.82) is 10.5 Å². The molecular weight excluding hydrogens is 372 g/mol. The van der Waals surface area contributed by atoms with Gasteiger partial charge in [0.1, 0.15) is 12.1 Å². The van der Waals surface area contributed by atoms with E-state index in [0.717, 1.165) is 20.9 Å². The first-order chi connectivity index (χ1) is 13.7. The molecule has 0 saturated heterocycles. The van der Waals surface area contributed by atoms with Crippen LogP contribution in [0, 0.1) is 22.7 Å². The molecule has 0 aliphatic rings. The molecule has 1 N–H and O–H groups in total.